The monoisotopic (exact) mass is 304 g/mol. The Labute approximate surface area is 116 Å². The van der Waals surface area contributed by atoms with E-state index in [0.717, 1.165) is 6.29 Å². The molecule has 0 aromatic carbocycles. The molecule has 19 heavy (non-hydrogen) atoms. The van der Waals surface area contributed by atoms with Crippen LogP contribution in [-0.4, -0.2) is 51.4 Å². The van der Waals surface area contributed by atoms with Crippen molar-refractivity contribution >= 4 is 32.6 Å². The van der Waals surface area contributed by atoms with Crippen molar-refractivity contribution in [2.75, 3.05) is 36.6 Å². The van der Waals surface area contributed by atoms with Gasteiger partial charge in [-0.2, -0.15) is 0 Å². The molecule has 1 saturated heterocycles. The van der Waals surface area contributed by atoms with Gasteiger partial charge in [0.2, 0.25) is 0 Å². The fraction of sp³-hybridized carbons (Fsp3) is 0.636. The number of sulfone groups is 1. The number of hydrogen-bond donors (Lipinski definition) is 0. The summed E-state index contributed by atoms with van der Waals surface area (Å²) in [6.45, 7) is 1.37. The fourth-order valence-electron chi connectivity index (χ4n) is 1.95. The summed E-state index contributed by atoms with van der Waals surface area (Å²) in [6.07, 6.45) is 1.36. The predicted molar refractivity (Wildman–Crippen MR) is 73.7 cm³/mol. The van der Waals surface area contributed by atoms with Gasteiger partial charge < -0.3 is 9.64 Å². The van der Waals surface area contributed by atoms with Crippen LogP contribution in [-0.2, 0) is 21.2 Å². The highest BCUT2D eigenvalue weighted by Gasteiger charge is 2.22. The van der Waals surface area contributed by atoms with E-state index in [1.807, 2.05) is 4.90 Å². The van der Waals surface area contributed by atoms with Gasteiger partial charge in [0, 0.05) is 20.2 Å². The summed E-state index contributed by atoms with van der Waals surface area (Å²) in [5, 5.41) is 0.700. The first-order valence-electron chi connectivity index (χ1n) is 5.95. The molecule has 8 heteroatoms. The topological polar surface area (TPSA) is 76.6 Å². The van der Waals surface area contributed by atoms with Gasteiger partial charge in [0.1, 0.15) is 0 Å². The van der Waals surface area contributed by atoms with Crippen LogP contribution in [0, 0.1) is 0 Å². The maximum Gasteiger partial charge on any atom is 0.186 e. The van der Waals surface area contributed by atoms with E-state index in [1.54, 1.807) is 7.11 Å². The van der Waals surface area contributed by atoms with E-state index in [1.165, 1.54) is 11.3 Å². The van der Waals surface area contributed by atoms with Gasteiger partial charge in [-0.15, -0.1) is 0 Å². The third-order valence-corrected chi connectivity index (χ3v) is 5.73. The SMILES string of the molecule is COCc1nc(N2CCCS(=O)(=O)CC2)sc1C=O. The van der Waals surface area contributed by atoms with Gasteiger partial charge in [-0.3, -0.25) is 4.79 Å². The van der Waals surface area contributed by atoms with Gasteiger partial charge in [-0.1, -0.05) is 11.3 Å². The Morgan fingerprint density at radius 3 is 2.89 bits per heavy atom. The maximum absolute atomic E-state index is 11.6. The van der Waals surface area contributed by atoms with Crippen LogP contribution in [0.2, 0.25) is 0 Å². The van der Waals surface area contributed by atoms with Crippen LogP contribution < -0.4 is 4.90 Å². The van der Waals surface area contributed by atoms with Gasteiger partial charge in [0.05, 0.1) is 28.7 Å². The van der Waals surface area contributed by atoms with E-state index >= 15 is 0 Å². The van der Waals surface area contributed by atoms with Crippen LogP contribution in [0.3, 0.4) is 0 Å². The van der Waals surface area contributed by atoms with Gasteiger partial charge in [-0.05, 0) is 6.42 Å². The Kier molecular flexibility index (Phi) is 4.54. The number of anilines is 1. The summed E-state index contributed by atoms with van der Waals surface area (Å²) < 4.78 is 28.1. The number of hydrogen-bond acceptors (Lipinski definition) is 7. The smallest absolute Gasteiger partial charge is 0.186 e. The first-order valence-corrected chi connectivity index (χ1v) is 8.58. The normalized spacial score (nSPS) is 19.1. The van der Waals surface area contributed by atoms with Crippen molar-refractivity contribution < 1.29 is 17.9 Å². The number of carbonyl (C=O) groups is 1. The van der Waals surface area contributed by atoms with Gasteiger partial charge in [0.15, 0.2) is 21.3 Å². The van der Waals surface area contributed by atoms with E-state index in [-0.39, 0.29) is 18.1 Å². The van der Waals surface area contributed by atoms with Crippen LogP contribution in [0.5, 0.6) is 0 Å². The molecular formula is C11H16N2O4S2. The predicted octanol–water partition coefficient (Wildman–Crippen LogP) is 0.727. The highest BCUT2D eigenvalue weighted by atomic mass is 32.2. The number of nitrogens with zero attached hydrogens (tertiary/aromatic N) is 2. The molecule has 2 heterocycles. The summed E-state index contributed by atoms with van der Waals surface area (Å²) in [5.41, 5.74) is 0.615. The number of rotatable bonds is 4. The summed E-state index contributed by atoms with van der Waals surface area (Å²) in [7, 11) is -1.39. The van der Waals surface area contributed by atoms with E-state index in [4.69, 9.17) is 4.74 Å². The number of aromatic nitrogens is 1. The summed E-state index contributed by atoms with van der Waals surface area (Å²) in [6, 6.07) is 0. The molecule has 0 radical (unpaired) electrons. The zero-order valence-electron chi connectivity index (χ0n) is 10.7. The third-order valence-electron chi connectivity index (χ3n) is 2.93. The number of carbonyl (C=O) groups excluding carboxylic acids is 1. The molecule has 0 saturated carbocycles. The number of ether oxygens (including phenoxy) is 1. The molecule has 1 aromatic rings. The molecule has 1 aromatic heterocycles. The van der Waals surface area contributed by atoms with Gasteiger partial charge in [0.25, 0.3) is 0 Å². The Hall–Kier alpha value is -0.990. The van der Waals surface area contributed by atoms with Crippen molar-refractivity contribution in [1.82, 2.24) is 4.98 Å². The lowest BCUT2D eigenvalue weighted by molar-refractivity contribution is 0.112. The summed E-state index contributed by atoms with van der Waals surface area (Å²) in [5.74, 6) is 0.364. The minimum Gasteiger partial charge on any atom is -0.378 e. The second-order valence-electron chi connectivity index (χ2n) is 4.35. The zero-order chi connectivity index (χ0) is 13.9. The Balaban J connectivity index is 2.19. The van der Waals surface area contributed by atoms with Gasteiger partial charge >= 0.3 is 0 Å². The van der Waals surface area contributed by atoms with Crippen molar-refractivity contribution in [3.63, 3.8) is 0 Å². The lowest BCUT2D eigenvalue weighted by atomic mass is 10.4. The molecule has 106 valence electrons. The summed E-state index contributed by atoms with van der Waals surface area (Å²) in [4.78, 5) is 17.8. The van der Waals surface area contributed by atoms with Crippen molar-refractivity contribution in [2.45, 2.75) is 13.0 Å². The molecule has 1 aliphatic rings. The third kappa shape index (κ3) is 3.52. The average molecular weight is 304 g/mol. The van der Waals surface area contributed by atoms with E-state index in [2.05, 4.69) is 4.98 Å². The van der Waals surface area contributed by atoms with Crippen molar-refractivity contribution in [3.05, 3.63) is 10.6 Å². The fourth-order valence-corrected chi connectivity index (χ4v) is 4.15. The minimum absolute atomic E-state index is 0.141. The Bertz CT molecular complexity index is 553. The second kappa shape index (κ2) is 5.98. The maximum atomic E-state index is 11.6. The molecule has 0 spiro atoms. The van der Waals surface area contributed by atoms with Crippen molar-refractivity contribution in [3.8, 4) is 0 Å². The molecular weight excluding hydrogens is 288 g/mol. The van der Waals surface area contributed by atoms with Crippen LogP contribution in [0.4, 0.5) is 5.13 Å². The quantitative estimate of drug-likeness (QED) is 0.763. The highest BCUT2D eigenvalue weighted by molar-refractivity contribution is 7.91. The second-order valence-corrected chi connectivity index (χ2v) is 7.66. The molecule has 1 aliphatic heterocycles. The van der Waals surface area contributed by atoms with Crippen LogP contribution in [0.1, 0.15) is 21.8 Å². The summed E-state index contributed by atoms with van der Waals surface area (Å²) >= 11 is 1.29. The van der Waals surface area contributed by atoms with Crippen molar-refractivity contribution in [2.24, 2.45) is 0 Å². The van der Waals surface area contributed by atoms with Crippen LogP contribution in [0.25, 0.3) is 0 Å². The number of thiazole rings is 1. The first kappa shape index (κ1) is 14.4. The van der Waals surface area contributed by atoms with Crippen molar-refractivity contribution in [1.29, 1.82) is 0 Å². The average Bonchev–Trinajstić information content (AvgIpc) is 2.67. The molecule has 0 atom stereocenters. The Morgan fingerprint density at radius 1 is 1.42 bits per heavy atom. The largest absolute Gasteiger partial charge is 0.378 e. The molecule has 6 nitrogen and oxygen atoms in total. The lowest BCUT2D eigenvalue weighted by Crippen LogP contribution is -2.26. The molecule has 0 bridgehead atoms. The van der Waals surface area contributed by atoms with E-state index in [0.29, 0.717) is 35.2 Å². The van der Waals surface area contributed by atoms with E-state index < -0.39 is 9.84 Å². The number of aldehydes is 1. The molecule has 0 amide bonds. The molecule has 1 fully saturated rings. The molecule has 0 unspecified atom stereocenters. The molecule has 0 aliphatic carbocycles. The highest BCUT2D eigenvalue weighted by Crippen LogP contribution is 2.26. The Morgan fingerprint density at radius 2 is 2.21 bits per heavy atom. The van der Waals surface area contributed by atoms with Crippen LogP contribution >= 0.6 is 11.3 Å². The molecule has 0 N–H and O–H groups in total. The number of methoxy groups -OCH3 is 1. The van der Waals surface area contributed by atoms with E-state index in [9.17, 15) is 13.2 Å². The first-order chi connectivity index (χ1) is 9.05. The lowest BCUT2D eigenvalue weighted by Gasteiger charge is -2.17. The standard InChI is InChI=1S/C11H16N2O4S2/c1-17-8-9-10(7-14)18-11(12-9)13-3-2-5-19(15,16)6-4-13/h7H,2-6,8H2,1H3. The van der Waals surface area contributed by atoms with Gasteiger partial charge in [-0.25, -0.2) is 13.4 Å². The molecule has 2 rings (SSSR count). The zero-order valence-corrected chi connectivity index (χ0v) is 12.3. The van der Waals surface area contributed by atoms with Crippen LogP contribution in [0.15, 0.2) is 0 Å². The minimum atomic E-state index is -2.94.